The lowest BCUT2D eigenvalue weighted by molar-refractivity contribution is -0.140. The van der Waals surface area contributed by atoms with Crippen LogP contribution in [0.2, 0.25) is 0 Å². The molecule has 1 saturated carbocycles. The molecule has 204 valence electrons. The van der Waals surface area contributed by atoms with Crippen LogP contribution in [-0.2, 0) is 11.2 Å². The van der Waals surface area contributed by atoms with Gasteiger partial charge in [0.25, 0.3) is 5.91 Å². The highest BCUT2D eigenvalue weighted by Crippen LogP contribution is 2.43. The second-order valence-corrected chi connectivity index (χ2v) is 11.4. The lowest BCUT2D eigenvalue weighted by Crippen LogP contribution is -2.39. The number of pyridine rings is 1. The number of nitrogens with zero attached hydrogens (tertiary/aromatic N) is 4. The van der Waals surface area contributed by atoms with E-state index in [4.69, 9.17) is 4.98 Å². The zero-order valence-corrected chi connectivity index (χ0v) is 22.4. The van der Waals surface area contributed by atoms with Crippen molar-refractivity contribution in [1.29, 1.82) is 0 Å². The van der Waals surface area contributed by atoms with Crippen LogP contribution in [0, 0.1) is 11.7 Å². The minimum Gasteiger partial charge on any atom is -0.481 e. The molecule has 7 rings (SSSR count). The SMILES string of the molecule is C[C@@H]1c2ccccc2CCN1C(=O)c1cc(C2CC2)c2nc(-c3ccc(N4CC[C@H](C(=O)O)C4)cc3F)cn2c1. The first-order valence-electron chi connectivity index (χ1n) is 14.1. The summed E-state index contributed by atoms with van der Waals surface area (Å²) in [7, 11) is 0. The number of carbonyl (C=O) groups excluding carboxylic acids is 1. The Morgan fingerprint density at radius 1 is 1.00 bits per heavy atom. The first-order valence-corrected chi connectivity index (χ1v) is 14.1. The van der Waals surface area contributed by atoms with Gasteiger partial charge in [0.05, 0.1) is 23.2 Å². The molecule has 0 unspecified atom stereocenters. The number of rotatable bonds is 5. The molecule has 4 heterocycles. The van der Waals surface area contributed by atoms with Gasteiger partial charge in [0, 0.05) is 43.3 Å². The number of fused-ring (bicyclic) bond motifs is 2. The van der Waals surface area contributed by atoms with E-state index in [1.165, 1.54) is 17.2 Å². The highest BCUT2D eigenvalue weighted by atomic mass is 19.1. The van der Waals surface area contributed by atoms with Gasteiger partial charge in [0.15, 0.2) is 0 Å². The number of carboxylic acid groups (broad SMARTS) is 1. The summed E-state index contributed by atoms with van der Waals surface area (Å²) >= 11 is 0. The fourth-order valence-electron chi connectivity index (χ4n) is 6.39. The van der Waals surface area contributed by atoms with E-state index in [2.05, 4.69) is 19.1 Å². The van der Waals surface area contributed by atoms with Gasteiger partial charge in [-0.3, -0.25) is 9.59 Å². The fourth-order valence-corrected chi connectivity index (χ4v) is 6.39. The van der Waals surface area contributed by atoms with Gasteiger partial charge < -0.3 is 19.3 Å². The van der Waals surface area contributed by atoms with E-state index in [1.807, 2.05) is 44.7 Å². The van der Waals surface area contributed by atoms with E-state index in [0.717, 1.165) is 30.5 Å². The lowest BCUT2D eigenvalue weighted by atomic mass is 9.93. The van der Waals surface area contributed by atoms with Crippen molar-refractivity contribution in [1.82, 2.24) is 14.3 Å². The molecule has 3 aliphatic rings. The number of anilines is 1. The Hall–Kier alpha value is -4.20. The summed E-state index contributed by atoms with van der Waals surface area (Å²) in [5.74, 6) is -1.28. The Balaban J connectivity index is 1.21. The molecule has 1 aliphatic carbocycles. The number of halogens is 1. The summed E-state index contributed by atoms with van der Waals surface area (Å²) in [6.07, 6.45) is 7.14. The molecular weight excluding hydrogens is 507 g/mol. The van der Waals surface area contributed by atoms with Gasteiger partial charge >= 0.3 is 5.97 Å². The molecule has 2 fully saturated rings. The molecule has 1 N–H and O–H groups in total. The van der Waals surface area contributed by atoms with Gasteiger partial charge in [0.1, 0.15) is 11.5 Å². The normalized spacial score (nSPS) is 20.6. The summed E-state index contributed by atoms with van der Waals surface area (Å²) < 4.78 is 17.3. The van der Waals surface area contributed by atoms with Crippen molar-refractivity contribution in [3.05, 3.63) is 89.0 Å². The van der Waals surface area contributed by atoms with Gasteiger partial charge in [-0.2, -0.15) is 0 Å². The van der Waals surface area contributed by atoms with Crippen molar-refractivity contribution in [3.63, 3.8) is 0 Å². The van der Waals surface area contributed by atoms with Crippen LogP contribution in [0.25, 0.3) is 16.9 Å². The second kappa shape index (κ2) is 9.47. The predicted octanol–water partition coefficient (Wildman–Crippen LogP) is 5.69. The van der Waals surface area contributed by atoms with Gasteiger partial charge in [0.2, 0.25) is 0 Å². The molecule has 4 aromatic rings. The van der Waals surface area contributed by atoms with Crippen molar-refractivity contribution in [3.8, 4) is 11.3 Å². The highest BCUT2D eigenvalue weighted by Gasteiger charge is 2.32. The Kier molecular flexibility index (Phi) is 5.87. The van der Waals surface area contributed by atoms with Crippen LogP contribution in [0.3, 0.4) is 0 Å². The monoisotopic (exact) mass is 538 g/mol. The third kappa shape index (κ3) is 4.22. The first kappa shape index (κ1) is 24.8. The number of carbonyl (C=O) groups is 2. The zero-order valence-electron chi connectivity index (χ0n) is 22.4. The quantitative estimate of drug-likeness (QED) is 0.353. The molecule has 7 nitrogen and oxygen atoms in total. The van der Waals surface area contributed by atoms with Crippen molar-refractivity contribution in [2.45, 2.75) is 44.6 Å². The molecular formula is C32H31FN4O3. The van der Waals surface area contributed by atoms with E-state index >= 15 is 4.39 Å². The van der Waals surface area contributed by atoms with Crippen LogP contribution in [0.5, 0.6) is 0 Å². The highest BCUT2D eigenvalue weighted by molar-refractivity contribution is 5.95. The van der Waals surface area contributed by atoms with Crippen LogP contribution in [0.1, 0.15) is 65.2 Å². The molecule has 0 spiro atoms. The average molecular weight is 539 g/mol. The molecule has 40 heavy (non-hydrogen) atoms. The van der Waals surface area contributed by atoms with Crippen LogP contribution < -0.4 is 4.90 Å². The molecule has 1 saturated heterocycles. The Labute approximate surface area is 231 Å². The number of amides is 1. The van der Waals surface area contributed by atoms with Crippen LogP contribution in [0.4, 0.5) is 10.1 Å². The van der Waals surface area contributed by atoms with E-state index in [1.54, 1.807) is 12.3 Å². The lowest BCUT2D eigenvalue weighted by Gasteiger charge is -2.35. The van der Waals surface area contributed by atoms with E-state index in [-0.39, 0.29) is 11.9 Å². The Morgan fingerprint density at radius 2 is 1.82 bits per heavy atom. The maximum absolute atomic E-state index is 15.4. The number of aromatic nitrogens is 2. The standard InChI is InChI=1S/C32H31FN4O3/c1-19-25-5-3-2-4-20(25)11-13-37(19)31(38)23-14-27(21-6-7-21)30-34-29(18-36(30)17-23)26-9-8-24(15-28(26)33)35-12-10-22(16-35)32(39)40/h2-5,8-9,14-15,17-19,21-22H,6-7,10-13,16H2,1H3,(H,39,40)/t19-,22+/m1/s1. The maximum Gasteiger partial charge on any atom is 0.308 e. The molecule has 2 aromatic heterocycles. The minimum atomic E-state index is -0.812. The van der Waals surface area contributed by atoms with Crippen LogP contribution in [0.15, 0.2) is 60.9 Å². The summed E-state index contributed by atoms with van der Waals surface area (Å²) in [5.41, 5.74) is 6.50. The van der Waals surface area contributed by atoms with Gasteiger partial charge in [-0.15, -0.1) is 0 Å². The molecule has 2 aromatic carbocycles. The fraction of sp³-hybridized carbons (Fsp3) is 0.344. The summed E-state index contributed by atoms with van der Waals surface area (Å²) in [6, 6.07) is 15.3. The van der Waals surface area contributed by atoms with Crippen molar-refractivity contribution in [2.24, 2.45) is 5.92 Å². The molecule has 1 amide bonds. The third-order valence-corrected chi connectivity index (χ3v) is 8.83. The third-order valence-electron chi connectivity index (χ3n) is 8.83. The van der Waals surface area contributed by atoms with E-state index in [9.17, 15) is 14.7 Å². The number of benzene rings is 2. The molecule has 0 bridgehead atoms. The van der Waals surface area contributed by atoms with Crippen LogP contribution >= 0.6 is 0 Å². The molecule has 8 heteroatoms. The second-order valence-electron chi connectivity index (χ2n) is 11.4. The summed E-state index contributed by atoms with van der Waals surface area (Å²) in [5, 5.41) is 9.31. The minimum absolute atomic E-state index is 0.00173. The molecule has 2 atom stereocenters. The summed E-state index contributed by atoms with van der Waals surface area (Å²) in [4.78, 5) is 33.8. The van der Waals surface area contributed by atoms with Crippen LogP contribution in [-0.4, -0.2) is 50.9 Å². The maximum atomic E-state index is 15.4. The molecule has 0 radical (unpaired) electrons. The van der Waals surface area contributed by atoms with E-state index < -0.39 is 17.7 Å². The predicted molar refractivity (Wildman–Crippen MR) is 150 cm³/mol. The number of hydrogen-bond acceptors (Lipinski definition) is 4. The Morgan fingerprint density at radius 3 is 2.58 bits per heavy atom. The number of hydrogen-bond donors (Lipinski definition) is 1. The average Bonchev–Trinajstić information content (AvgIpc) is 3.51. The smallest absolute Gasteiger partial charge is 0.308 e. The topological polar surface area (TPSA) is 78.2 Å². The zero-order chi connectivity index (χ0) is 27.5. The number of aliphatic carboxylic acids is 1. The summed E-state index contributed by atoms with van der Waals surface area (Å²) in [6.45, 7) is 3.73. The largest absolute Gasteiger partial charge is 0.481 e. The van der Waals surface area contributed by atoms with Gasteiger partial charge in [-0.05, 0) is 79.5 Å². The first-order chi connectivity index (χ1) is 19.4. The van der Waals surface area contributed by atoms with E-state index in [0.29, 0.717) is 54.5 Å². The number of carboxylic acids is 1. The van der Waals surface area contributed by atoms with Crippen molar-refractivity contribution < 1.29 is 19.1 Å². The number of imidazole rings is 1. The Bertz CT molecular complexity index is 1660. The van der Waals surface area contributed by atoms with Crippen molar-refractivity contribution >= 4 is 23.2 Å². The van der Waals surface area contributed by atoms with Crippen molar-refractivity contribution in [2.75, 3.05) is 24.5 Å². The molecule has 2 aliphatic heterocycles. The van der Waals surface area contributed by atoms with Gasteiger partial charge in [-0.1, -0.05) is 24.3 Å². The van der Waals surface area contributed by atoms with Gasteiger partial charge in [-0.25, -0.2) is 9.37 Å².